The zero-order chi connectivity index (χ0) is 11.4. The normalized spacial score (nSPS) is 15.9. The third-order valence-corrected chi connectivity index (χ3v) is 3.06. The Balaban J connectivity index is 3.93. The number of hydrogen-bond donors (Lipinski definition) is 0. The third-order valence-electron chi connectivity index (χ3n) is 2.39. The van der Waals surface area contributed by atoms with Crippen molar-refractivity contribution >= 4 is 10.5 Å². The molecule has 0 N–H and O–H groups in total. The second kappa shape index (κ2) is 5.31. The molecule has 0 heterocycles. The lowest BCUT2D eigenvalue weighted by Gasteiger charge is -2.28. The van der Waals surface area contributed by atoms with E-state index in [1.807, 2.05) is 0 Å². The molecule has 1 nitrogen and oxygen atoms in total. The molecule has 0 spiro atoms. The molecule has 0 aromatic carbocycles. The van der Waals surface area contributed by atoms with E-state index >= 15 is 0 Å². The van der Waals surface area contributed by atoms with Crippen molar-refractivity contribution < 1.29 is 4.43 Å². The Hall–Kier alpha value is 0.177. The lowest BCUT2D eigenvalue weighted by atomic mass is 9.84. The smallest absolute Gasteiger partial charge is 0.146 e. The van der Waals surface area contributed by atoms with Crippen molar-refractivity contribution in [2.24, 2.45) is 10.8 Å². The minimum Gasteiger partial charge on any atom is -0.425 e. The summed E-state index contributed by atoms with van der Waals surface area (Å²) in [5, 5.41) is 0. The fraction of sp³-hybridized carbons (Fsp3) is 1.00. The van der Waals surface area contributed by atoms with E-state index in [2.05, 4.69) is 41.5 Å². The van der Waals surface area contributed by atoms with Crippen LogP contribution >= 0.6 is 0 Å². The number of rotatable bonds is 4. The topological polar surface area (TPSA) is 9.23 Å². The quantitative estimate of drug-likeness (QED) is 0.657. The minimum absolute atomic E-state index is 0.396. The highest BCUT2D eigenvalue weighted by Gasteiger charge is 2.20. The van der Waals surface area contributed by atoms with Gasteiger partial charge < -0.3 is 4.43 Å². The van der Waals surface area contributed by atoms with Crippen LogP contribution in [0.1, 0.15) is 60.8 Å². The van der Waals surface area contributed by atoms with Gasteiger partial charge in [-0.3, -0.25) is 0 Å². The molecule has 0 saturated heterocycles. The van der Waals surface area contributed by atoms with Gasteiger partial charge in [0.25, 0.3) is 0 Å². The molecule has 0 aromatic rings. The van der Waals surface area contributed by atoms with Crippen molar-refractivity contribution in [3.8, 4) is 0 Å². The van der Waals surface area contributed by atoms with Gasteiger partial charge in [0, 0.05) is 6.10 Å². The highest BCUT2D eigenvalue weighted by molar-refractivity contribution is 5.98. The Morgan fingerprint density at radius 3 is 1.79 bits per heavy atom. The first-order chi connectivity index (χ1) is 6.14. The van der Waals surface area contributed by atoms with Gasteiger partial charge in [0.05, 0.1) is 0 Å². The van der Waals surface area contributed by atoms with E-state index in [0.29, 0.717) is 16.9 Å². The van der Waals surface area contributed by atoms with Crippen LogP contribution in [0.25, 0.3) is 0 Å². The van der Waals surface area contributed by atoms with Gasteiger partial charge in [-0.05, 0) is 30.1 Å². The Labute approximate surface area is 93.2 Å². The van der Waals surface area contributed by atoms with Gasteiger partial charge in [0.15, 0.2) is 0 Å². The van der Waals surface area contributed by atoms with Crippen LogP contribution in [0.2, 0.25) is 0 Å². The monoisotopic (exact) mass is 216 g/mol. The molecule has 0 rings (SSSR count). The minimum atomic E-state index is 0.396. The molecule has 86 valence electrons. The van der Waals surface area contributed by atoms with E-state index in [0.717, 1.165) is 10.5 Å². The van der Waals surface area contributed by atoms with E-state index < -0.39 is 0 Å². The standard InChI is InChI=1S/C12H28OSi/c1-11(2,3)8-7-10(13-14)9-12(4,5)6/h10H,7-9H2,1-6,14H3. The summed E-state index contributed by atoms with van der Waals surface area (Å²) in [4.78, 5) is 0. The van der Waals surface area contributed by atoms with E-state index in [1.165, 1.54) is 19.3 Å². The highest BCUT2D eigenvalue weighted by Crippen LogP contribution is 2.28. The molecule has 0 aliphatic carbocycles. The lowest BCUT2D eigenvalue weighted by Crippen LogP contribution is -2.22. The van der Waals surface area contributed by atoms with Gasteiger partial charge in [-0.15, -0.1) is 0 Å². The largest absolute Gasteiger partial charge is 0.425 e. The maximum Gasteiger partial charge on any atom is 0.146 e. The van der Waals surface area contributed by atoms with Crippen LogP contribution in [0.5, 0.6) is 0 Å². The van der Waals surface area contributed by atoms with Crippen molar-refractivity contribution in [1.29, 1.82) is 0 Å². The Bertz CT molecular complexity index is 153. The maximum absolute atomic E-state index is 5.66. The van der Waals surface area contributed by atoms with Crippen LogP contribution in [0.4, 0.5) is 0 Å². The lowest BCUT2D eigenvalue weighted by molar-refractivity contribution is 0.132. The molecule has 1 atom stereocenters. The maximum atomic E-state index is 5.66. The van der Waals surface area contributed by atoms with Crippen LogP contribution in [0.3, 0.4) is 0 Å². The van der Waals surface area contributed by atoms with E-state index in [4.69, 9.17) is 4.43 Å². The van der Waals surface area contributed by atoms with Gasteiger partial charge >= 0.3 is 0 Å². The summed E-state index contributed by atoms with van der Waals surface area (Å²) < 4.78 is 5.66. The molecule has 2 heteroatoms. The first-order valence-corrected chi connectivity index (χ1v) is 6.48. The summed E-state index contributed by atoms with van der Waals surface area (Å²) in [6.45, 7) is 13.8. The van der Waals surface area contributed by atoms with Gasteiger partial charge in [-0.25, -0.2) is 0 Å². The van der Waals surface area contributed by atoms with Gasteiger partial charge in [-0.2, -0.15) is 0 Å². The fourth-order valence-electron chi connectivity index (χ4n) is 1.58. The van der Waals surface area contributed by atoms with E-state index in [-0.39, 0.29) is 0 Å². The summed E-state index contributed by atoms with van der Waals surface area (Å²) in [5.74, 6) is 0. The average Bonchev–Trinajstić information content (AvgIpc) is 1.94. The Kier molecular flexibility index (Phi) is 5.38. The molecular weight excluding hydrogens is 188 g/mol. The number of hydrogen-bond acceptors (Lipinski definition) is 1. The van der Waals surface area contributed by atoms with Crippen molar-refractivity contribution in [3.63, 3.8) is 0 Å². The first-order valence-electron chi connectivity index (χ1n) is 5.67. The summed E-state index contributed by atoms with van der Waals surface area (Å²) in [6.07, 6.45) is 4.15. The molecular formula is C12H28OSi. The van der Waals surface area contributed by atoms with Crippen LogP contribution in [0.15, 0.2) is 0 Å². The van der Waals surface area contributed by atoms with Crippen molar-refractivity contribution in [2.45, 2.75) is 66.9 Å². The highest BCUT2D eigenvalue weighted by atomic mass is 28.2. The van der Waals surface area contributed by atoms with E-state index in [9.17, 15) is 0 Å². The molecule has 0 aliphatic heterocycles. The SMILES string of the molecule is CC(C)(C)CCC(CC(C)(C)C)O[SiH3]. The summed E-state index contributed by atoms with van der Waals surface area (Å²) in [5.41, 5.74) is 0.836. The molecule has 0 aliphatic rings. The van der Waals surface area contributed by atoms with E-state index in [1.54, 1.807) is 0 Å². The molecule has 0 saturated carbocycles. The van der Waals surface area contributed by atoms with Crippen LogP contribution in [-0.2, 0) is 4.43 Å². The summed E-state index contributed by atoms with van der Waals surface area (Å²) >= 11 is 0. The molecule has 0 amide bonds. The molecule has 0 radical (unpaired) electrons. The predicted octanol–water partition coefficient (Wildman–Crippen LogP) is 2.91. The summed E-state index contributed by atoms with van der Waals surface area (Å²) in [6, 6.07) is 0. The molecule has 1 unspecified atom stereocenters. The van der Waals surface area contributed by atoms with Gasteiger partial charge in [0.2, 0.25) is 0 Å². The molecule has 0 aromatic heterocycles. The second-order valence-corrected chi connectivity index (χ2v) is 7.19. The van der Waals surface area contributed by atoms with Gasteiger partial charge in [0.1, 0.15) is 10.5 Å². The van der Waals surface area contributed by atoms with Crippen LogP contribution < -0.4 is 0 Å². The van der Waals surface area contributed by atoms with Crippen molar-refractivity contribution in [1.82, 2.24) is 0 Å². The predicted molar refractivity (Wildman–Crippen MR) is 67.6 cm³/mol. The van der Waals surface area contributed by atoms with Gasteiger partial charge in [-0.1, -0.05) is 41.5 Å². The van der Waals surface area contributed by atoms with Crippen molar-refractivity contribution in [3.05, 3.63) is 0 Å². The first kappa shape index (κ1) is 14.2. The fourth-order valence-corrected chi connectivity index (χ4v) is 1.98. The van der Waals surface area contributed by atoms with Crippen LogP contribution in [-0.4, -0.2) is 16.6 Å². The molecule has 0 fully saturated rings. The third kappa shape index (κ3) is 8.76. The average molecular weight is 216 g/mol. The Morgan fingerprint density at radius 1 is 1.00 bits per heavy atom. The van der Waals surface area contributed by atoms with Crippen molar-refractivity contribution in [2.75, 3.05) is 0 Å². The molecule has 14 heavy (non-hydrogen) atoms. The Morgan fingerprint density at radius 2 is 1.50 bits per heavy atom. The summed E-state index contributed by atoms with van der Waals surface area (Å²) in [7, 11) is 0.867. The second-order valence-electron chi connectivity index (χ2n) is 6.72. The zero-order valence-corrected chi connectivity index (χ0v) is 13.1. The molecule has 0 bridgehead atoms. The van der Waals surface area contributed by atoms with Crippen LogP contribution in [0, 0.1) is 10.8 Å². The zero-order valence-electron chi connectivity index (χ0n) is 11.1.